The molecule has 0 fully saturated rings. The summed E-state index contributed by atoms with van der Waals surface area (Å²) < 4.78 is 28.5. The van der Waals surface area contributed by atoms with Crippen LogP contribution in [0.5, 0.6) is 5.75 Å². The van der Waals surface area contributed by atoms with Crippen molar-refractivity contribution in [3.63, 3.8) is 0 Å². The Labute approximate surface area is 100 Å². The van der Waals surface area contributed by atoms with Crippen LogP contribution >= 0.6 is 0 Å². The minimum Gasteiger partial charge on any atom is -0.435 e. The van der Waals surface area contributed by atoms with Gasteiger partial charge in [-0.2, -0.15) is 8.78 Å². The molecule has 0 saturated heterocycles. The first-order valence-electron chi connectivity index (χ1n) is 5.41. The van der Waals surface area contributed by atoms with Crippen molar-refractivity contribution in [1.29, 1.82) is 0 Å². The van der Waals surface area contributed by atoms with Crippen LogP contribution in [0.4, 0.5) is 8.78 Å². The second-order valence-corrected chi connectivity index (χ2v) is 4.01. The van der Waals surface area contributed by atoms with Crippen LogP contribution in [0.2, 0.25) is 0 Å². The maximum atomic E-state index is 12.1. The Morgan fingerprint density at radius 2 is 2.18 bits per heavy atom. The van der Waals surface area contributed by atoms with Crippen molar-refractivity contribution in [1.82, 2.24) is 5.32 Å². The SMILES string of the molecule is C=C(C)CNC(C)c1cccc(OC(F)F)c1. The van der Waals surface area contributed by atoms with Gasteiger partial charge in [0.25, 0.3) is 0 Å². The first kappa shape index (κ1) is 13.6. The van der Waals surface area contributed by atoms with Crippen LogP contribution < -0.4 is 10.1 Å². The highest BCUT2D eigenvalue weighted by Crippen LogP contribution is 2.20. The van der Waals surface area contributed by atoms with E-state index in [1.807, 2.05) is 19.9 Å². The van der Waals surface area contributed by atoms with Crippen LogP contribution in [0.25, 0.3) is 0 Å². The molecule has 0 heterocycles. The lowest BCUT2D eigenvalue weighted by Crippen LogP contribution is -2.20. The van der Waals surface area contributed by atoms with Crippen molar-refractivity contribution in [2.75, 3.05) is 6.54 Å². The molecule has 0 radical (unpaired) electrons. The van der Waals surface area contributed by atoms with Gasteiger partial charge in [0.2, 0.25) is 0 Å². The number of nitrogens with one attached hydrogen (secondary N) is 1. The van der Waals surface area contributed by atoms with E-state index in [0.29, 0.717) is 6.54 Å². The molecule has 1 N–H and O–H groups in total. The van der Waals surface area contributed by atoms with Crippen molar-refractivity contribution in [2.24, 2.45) is 0 Å². The maximum Gasteiger partial charge on any atom is 0.387 e. The molecule has 0 saturated carbocycles. The highest BCUT2D eigenvalue weighted by Gasteiger charge is 2.08. The first-order valence-corrected chi connectivity index (χ1v) is 5.41. The number of hydrogen-bond acceptors (Lipinski definition) is 2. The van der Waals surface area contributed by atoms with E-state index < -0.39 is 6.61 Å². The molecule has 1 aromatic carbocycles. The van der Waals surface area contributed by atoms with Crippen LogP contribution in [-0.4, -0.2) is 13.2 Å². The van der Waals surface area contributed by atoms with E-state index in [9.17, 15) is 8.78 Å². The molecule has 94 valence electrons. The molecule has 0 bridgehead atoms. The average molecular weight is 241 g/mol. The Bertz CT molecular complexity index is 379. The Morgan fingerprint density at radius 3 is 2.76 bits per heavy atom. The summed E-state index contributed by atoms with van der Waals surface area (Å²) in [4.78, 5) is 0. The highest BCUT2D eigenvalue weighted by molar-refractivity contribution is 5.30. The fourth-order valence-corrected chi connectivity index (χ4v) is 1.41. The summed E-state index contributed by atoms with van der Waals surface area (Å²) in [6.07, 6.45) is 0. The van der Waals surface area contributed by atoms with Crippen LogP contribution in [0.1, 0.15) is 25.5 Å². The third-order valence-corrected chi connectivity index (χ3v) is 2.29. The fraction of sp³-hybridized carbons (Fsp3) is 0.385. The Morgan fingerprint density at radius 1 is 1.47 bits per heavy atom. The Balaban J connectivity index is 2.66. The summed E-state index contributed by atoms with van der Waals surface area (Å²) in [5.74, 6) is 0.182. The maximum absolute atomic E-state index is 12.1. The molecule has 0 aliphatic heterocycles. The summed E-state index contributed by atoms with van der Waals surface area (Å²) in [6, 6.07) is 6.76. The van der Waals surface area contributed by atoms with E-state index >= 15 is 0 Å². The van der Waals surface area contributed by atoms with E-state index in [2.05, 4.69) is 16.6 Å². The van der Waals surface area contributed by atoms with Gasteiger partial charge in [0.05, 0.1) is 0 Å². The summed E-state index contributed by atoms with van der Waals surface area (Å²) in [5, 5.41) is 3.24. The lowest BCUT2D eigenvalue weighted by molar-refractivity contribution is -0.0499. The van der Waals surface area contributed by atoms with Crippen LogP contribution in [-0.2, 0) is 0 Å². The predicted molar refractivity (Wildman–Crippen MR) is 64.3 cm³/mol. The summed E-state index contributed by atoms with van der Waals surface area (Å²) >= 11 is 0. The summed E-state index contributed by atoms with van der Waals surface area (Å²) in [6.45, 7) is 5.59. The molecule has 0 aliphatic carbocycles. The molecule has 2 nitrogen and oxygen atoms in total. The zero-order valence-corrected chi connectivity index (χ0v) is 10.0. The normalized spacial score (nSPS) is 12.5. The number of benzene rings is 1. The smallest absolute Gasteiger partial charge is 0.387 e. The van der Waals surface area contributed by atoms with E-state index in [1.54, 1.807) is 12.1 Å². The topological polar surface area (TPSA) is 21.3 Å². The fourth-order valence-electron chi connectivity index (χ4n) is 1.41. The van der Waals surface area contributed by atoms with Gasteiger partial charge in [0, 0.05) is 12.6 Å². The third-order valence-electron chi connectivity index (χ3n) is 2.29. The van der Waals surface area contributed by atoms with Crippen LogP contribution in [0, 0.1) is 0 Å². The van der Waals surface area contributed by atoms with Gasteiger partial charge >= 0.3 is 6.61 Å². The molecule has 1 unspecified atom stereocenters. The number of hydrogen-bond donors (Lipinski definition) is 1. The highest BCUT2D eigenvalue weighted by atomic mass is 19.3. The molecule has 1 aromatic rings. The monoisotopic (exact) mass is 241 g/mol. The molecule has 0 amide bonds. The van der Waals surface area contributed by atoms with E-state index in [4.69, 9.17) is 0 Å². The third kappa shape index (κ3) is 4.95. The van der Waals surface area contributed by atoms with Crippen molar-refractivity contribution >= 4 is 0 Å². The zero-order chi connectivity index (χ0) is 12.8. The molecule has 4 heteroatoms. The Kier molecular flexibility index (Phi) is 5.10. The first-order chi connectivity index (χ1) is 7.99. The summed E-state index contributed by atoms with van der Waals surface area (Å²) in [5.41, 5.74) is 1.93. The molecular formula is C13H17F2NO. The zero-order valence-electron chi connectivity index (χ0n) is 10.0. The van der Waals surface area contributed by atoms with Crippen LogP contribution in [0.3, 0.4) is 0 Å². The van der Waals surface area contributed by atoms with Gasteiger partial charge in [0.1, 0.15) is 5.75 Å². The quantitative estimate of drug-likeness (QED) is 0.769. The molecular weight excluding hydrogens is 224 g/mol. The lowest BCUT2D eigenvalue weighted by atomic mass is 10.1. The van der Waals surface area contributed by atoms with E-state index in [0.717, 1.165) is 11.1 Å². The number of halogens is 2. The lowest BCUT2D eigenvalue weighted by Gasteiger charge is -2.15. The van der Waals surface area contributed by atoms with Crippen molar-refractivity contribution in [2.45, 2.75) is 26.5 Å². The van der Waals surface area contributed by atoms with Gasteiger partial charge in [-0.05, 0) is 31.5 Å². The molecule has 0 aliphatic rings. The second kappa shape index (κ2) is 6.35. The van der Waals surface area contributed by atoms with Crippen molar-refractivity contribution in [3.05, 3.63) is 42.0 Å². The second-order valence-electron chi connectivity index (χ2n) is 4.01. The standard InChI is InChI=1S/C13H17F2NO/c1-9(2)8-16-10(3)11-5-4-6-12(7-11)17-13(14)15/h4-7,10,13,16H,1,8H2,2-3H3. The molecule has 0 spiro atoms. The van der Waals surface area contributed by atoms with Gasteiger partial charge in [-0.25, -0.2) is 0 Å². The average Bonchev–Trinajstić information content (AvgIpc) is 2.25. The van der Waals surface area contributed by atoms with Crippen molar-refractivity contribution < 1.29 is 13.5 Å². The van der Waals surface area contributed by atoms with Crippen LogP contribution in [0.15, 0.2) is 36.4 Å². The number of alkyl halides is 2. The van der Waals surface area contributed by atoms with Gasteiger partial charge in [-0.15, -0.1) is 0 Å². The van der Waals surface area contributed by atoms with Gasteiger partial charge in [-0.3, -0.25) is 0 Å². The predicted octanol–water partition coefficient (Wildman–Crippen LogP) is 3.51. The van der Waals surface area contributed by atoms with Gasteiger partial charge in [0.15, 0.2) is 0 Å². The minimum absolute atomic E-state index is 0.0629. The Hall–Kier alpha value is -1.42. The number of ether oxygens (including phenoxy) is 1. The summed E-state index contributed by atoms with van der Waals surface area (Å²) in [7, 11) is 0. The van der Waals surface area contributed by atoms with Gasteiger partial charge in [-0.1, -0.05) is 24.3 Å². The minimum atomic E-state index is -2.79. The van der Waals surface area contributed by atoms with E-state index in [-0.39, 0.29) is 11.8 Å². The number of rotatable bonds is 6. The van der Waals surface area contributed by atoms with Gasteiger partial charge < -0.3 is 10.1 Å². The molecule has 1 rings (SSSR count). The molecule has 0 aromatic heterocycles. The van der Waals surface area contributed by atoms with E-state index in [1.165, 1.54) is 6.07 Å². The molecule has 1 atom stereocenters. The molecule has 17 heavy (non-hydrogen) atoms. The largest absolute Gasteiger partial charge is 0.435 e. The van der Waals surface area contributed by atoms with Crippen molar-refractivity contribution in [3.8, 4) is 5.75 Å².